The number of fused-ring (bicyclic) bond motifs is 3. The van der Waals surface area contributed by atoms with E-state index in [0.29, 0.717) is 5.56 Å². The van der Waals surface area contributed by atoms with Crippen molar-refractivity contribution in [2.45, 2.75) is 6.42 Å². The van der Waals surface area contributed by atoms with Gasteiger partial charge < -0.3 is 20.0 Å². The van der Waals surface area contributed by atoms with Crippen molar-refractivity contribution in [2.75, 3.05) is 57.3 Å². The summed E-state index contributed by atoms with van der Waals surface area (Å²) in [6, 6.07) is 6.31. The molecule has 4 heterocycles. The molecule has 0 atom stereocenters. The molecule has 0 unspecified atom stereocenters. The van der Waals surface area contributed by atoms with Crippen LogP contribution in [0.15, 0.2) is 52.3 Å². The lowest BCUT2D eigenvalue weighted by molar-refractivity contribution is 0.305. The second-order valence-electron chi connectivity index (χ2n) is 8.28. The molecule has 0 radical (unpaired) electrons. The third-order valence-corrected chi connectivity index (χ3v) is 7.55. The first kappa shape index (κ1) is 18.0. The highest BCUT2D eigenvalue weighted by molar-refractivity contribution is 7.17. The van der Waals surface area contributed by atoms with Crippen molar-refractivity contribution < 1.29 is 0 Å². The van der Waals surface area contributed by atoms with Gasteiger partial charge in [-0.3, -0.25) is 0 Å². The molecule has 3 aliphatic heterocycles. The van der Waals surface area contributed by atoms with Crippen molar-refractivity contribution >= 4 is 27.2 Å². The van der Waals surface area contributed by atoms with Crippen molar-refractivity contribution in [1.82, 2.24) is 20.1 Å². The number of aromatic nitrogens is 1. The molecule has 4 aliphatic rings. The molecule has 7 heteroatoms. The summed E-state index contributed by atoms with van der Waals surface area (Å²) in [6.07, 6.45) is 5.89. The van der Waals surface area contributed by atoms with E-state index in [0.717, 1.165) is 69.0 Å². The first-order valence-electron chi connectivity index (χ1n) is 10.7. The number of nitrogens with zero attached hydrogens (tertiary/aromatic N) is 5. The molecular formula is C23H24N6S. The molecule has 0 spiro atoms. The van der Waals surface area contributed by atoms with Crippen LogP contribution in [0.2, 0.25) is 0 Å². The van der Waals surface area contributed by atoms with E-state index in [9.17, 15) is 5.26 Å². The van der Waals surface area contributed by atoms with E-state index < -0.39 is 0 Å². The Morgan fingerprint density at radius 3 is 2.77 bits per heavy atom. The molecule has 0 amide bonds. The zero-order valence-corrected chi connectivity index (χ0v) is 17.7. The highest BCUT2D eigenvalue weighted by Crippen LogP contribution is 2.39. The minimum absolute atomic E-state index is 0.666. The monoisotopic (exact) mass is 416 g/mol. The van der Waals surface area contributed by atoms with E-state index in [4.69, 9.17) is 0 Å². The van der Waals surface area contributed by atoms with E-state index in [-0.39, 0.29) is 0 Å². The zero-order valence-electron chi connectivity index (χ0n) is 16.9. The lowest BCUT2D eigenvalue weighted by Gasteiger charge is -2.37. The fraction of sp³-hybridized carbons (Fsp3) is 0.391. The standard InChI is InChI=1S/C23H24N6S/c24-12-16-1-4-20(23-22(16)26-15-30-23)29-10-9-28-13-17-11-18(27-7-5-25-6-8-27)2-3-19(17)21(28)14-29/h1-2,4,11,15,25H,3,5-10,13-14H2. The van der Waals surface area contributed by atoms with Crippen LogP contribution in [0, 0.1) is 11.3 Å². The Balaban J connectivity index is 1.29. The normalized spacial score (nSPS) is 21.4. The number of benzene rings is 1. The summed E-state index contributed by atoms with van der Waals surface area (Å²) in [5, 5.41) is 12.8. The number of anilines is 1. The molecule has 6 rings (SSSR count). The number of allylic oxidation sites excluding steroid dienone is 2. The molecule has 0 saturated carbocycles. The van der Waals surface area contributed by atoms with Crippen molar-refractivity contribution in [1.29, 1.82) is 5.26 Å². The van der Waals surface area contributed by atoms with Crippen molar-refractivity contribution in [2.24, 2.45) is 0 Å². The molecule has 2 saturated heterocycles. The summed E-state index contributed by atoms with van der Waals surface area (Å²) in [6.45, 7) is 8.37. The first-order chi connectivity index (χ1) is 14.8. The van der Waals surface area contributed by atoms with Gasteiger partial charge in [0.25, 0.3) is 0 Å². The third kappa shape index (κ3) is 2.83. The van der Waals surface area contributed by atoms with Crippen LogP contribution in [-0.4, -0.2) is 67.1 Å². The maximum Gasteiger partial charge on any atom is 0.101 e. The van der Waals surface area contributed by atoms with Crippen LogP contribution in [0.25, 0.3) is 10.2 Å². The van der Waals surface area contributed by atoms with Crippen LogP contribution in [0.3, 0.4) is 0 Å². The first-order valence-corrected chi connectivity index (χ1v) is 11.5. The molecule has 1 N–H and O–H groups in total. The molecule has 1 aromatic carbocycles. The van der Waals surface area contributed by atoms with E-state index in [1.807, 2.05) is 11.6 Å². The van der Waals surface area contributed by atoms with Gasteiger partial charge in [0.1, 0.15) is 11.6 Å². The molecule has 2 fully saturated rings. The van der Waals surface area contributed by atoms with Crippen LogP contribution in [-0.2, 0) is 0 Å². The molecule has 30 heavy (non-hydrogen) atoms. The van der Waals surface area contributed by atoms with Gasteiger partial charge in [-0.2, -0.15) is 5.26 Å². The summed E-state index contributed by atoms with van der Waals surface area (Å²) >= 11 is 1.64. The molecule has 2 aromatic rings. The summed E-state index contributed by atoms with van der Waals surface area (Å²) in [5.74, 6) is 0. The largest absolute Gasteiger partial charge is 0.369 e. The smallest absolute Gasteiger partial charge is 0.101 e. The Morgan fingerprint density at radius 1 is 1.03 bits per heavy atom. The zero-order chi connectivity index (χ0) is 20.1. The molecule has 0 bridgehead atoms. The highest BCUT2D eigenvalue weighted by Gasteiger charge is 2.33. The second kappa shape index (κ2) is 7.15. The fourth-order valence-corrected chi connectivity index (χ4v) is 5.99. The van der Waals surface area contributed by atoms with Gasteiger partial charge in [0.15, 0.2) is 0 Å². The van der Waals surface area contributed by atoms with Gasteiger partial charge in [0.2, 0.25) is 0 Å². The second-order valence-corrected chi connectivity index (χ2v) is 9.14. The van der Waals surface area contributed by atoms with Crippen LogP contribution in [0.1, 0.15) is 12.0 Å². The van der Waals surface area contributed by atoms with Crippen molar-refractivity contribution in [3.8, 4) is 6.07 Å². The van der Waals surface area contributed by atoms with E-state index >= 15 is 0 Å². The van der Waals surface area contributed by atoms with Crippen LogP contribution in [0.4, 0.5) is 5.69 Å². The van der Waals surface area contributed by atoms with Gasteiger partial charge in [-0.1, -0.05) is 6.08 Å². The predicted octanol–water partition coefficient (Wildman–Crippen LogP) is 2.68. The number of piperazine rings is 2. The number of nitriles is 1. The Kier molecular flexibility index (Phi) is 4.29. The maximum absolute atomic E-state index is 9.39. The number of hydrogen-bond acceptors (Lipinski definition) is 7. The van der Waals surface area contributed by atoms with Crippen molar-refractivity contribution in [3.63, 3.8) is 0 Å². The summed E-state index contributed by atoms with van der Waals surface area (Å²) in [5.41, 5.74) is 10.5. The van der Waals surface area contributed by atoms with Gasteiger partial charge in [-0.15, -0.1) is 11.3 Å². The van der Waals surface area contributed by atoms with Crippen LogP contribution >= 0.6 is 11.3 Å². The van der Waals surface area contributed by atoms with E-state index in [1.54, 1.807) is 11.3 Å². The number of nitrogens with one attached hydrogen (secondary N) is 1. The minimum atomic E-state index is 0.666. The summed E-state index contributed by atoms with van der Waals surface area (Å²) in [4.78, 5) is 12.0. The topological polar surface area (TPSA) is 58.4 Å². The molecular weight excluding hydrogens is 392 g/mol. The number of hydrogen-bond donors (Lipinski definition) is 1. The Morgan fingerprint density at radius 2 is 1.90 bits per heavy atom. The average Bonchev–Trinajstić information content (AvgIpc) is 3.43. The van der Waals surface area contributed by atoms with Gasteiger partial charge >= 0.3 is 0 Å². The maximum atomic E-state index is 9.39. The Bertz CT molecular complexity index is 1140. The van der Waals surface area contributed by atoms with Crippen LogP contribution < -0.4 is 10.2 Å². The fourth-order valence-electron chi connectivity index (χ4n) is 5.13. The lowest BCUT2D eigenvalue weighted by atomic mass is 9.96. The van der Waals surface area contributed by atoms with E-state index in [2.05, 4.69) is 49.3 Å². The highest BCUT2D eigenvalue weighted by atomic mass is 32.1. The quantitative estimate of drug-likeness (QED) is 0.812. The summed E-state index contributed by atoms with van der Waals surface area (Å²) < 4.78 is 1.13. The molecule has 6 nitrogen and oxygen atoms in total. The number of thiazole rings is 1. The Hall–Kier alpha value is -2.82. The van der Waals surface area contributed by atoms with Gasteiger partial charge in [-0.05, 0) is 35.8 Å². The number of rotatable bonds is 2. The van der Waals surface area contributed by atoms with Gasteiger partial charge in [0, 0.05) is 57.2 Å². The lowest BCUT2D eigenvalue weighted by Crippen LogP contribution is -2.43. The van der Waals surface area contributed by atoms with Gasteiger partial charge in [-0.25, -0.2) is 4.98 Å². The van der Waals surface area contributed by atoms with Crippen LogP contribution in [0.5, 0.6) is 0 Å². The minimum Gasteiger partial charge on any atom is -0.369 e. The Labute approximate surface area is 180 Å². The third-order valence-electron chi connectivity index (χ3n) is 6.70. The molecule has 1 aromatic heterocycles. The molecule has 1 aliphatic carbocycles. The average molecular weight is 417 g/mol. The van der Waals surface area contributed by atoms with E-state index in [1.165, 1.54) is 28.2 Å². The summed E-state index contributed by atoms with van der Waals surface area (Å²) in [7, 11) is 0. The predicted molar refractivity (Wildman–Crippen MR) is 120 cm³/mol. The molecule has 152 valence electrons. The van der Waals surface area contributed by atoms with Crippen molar-refractivity contribution in [3.05, 3.63) is 57.9 Å². The van der Waals surface area contributed by atoms with Gasteiger partial charge in [0.05, 0.1) is 28.0 Å². The SMILES string of the molecule is N#Cc1ccc(N2CCN3CC4=CC(N5CCNCC5)=CCC4=C3C2)c2scnc12.